The Morgan fingerprint density at radius 2 is 1.33 bits per heavy atom. The fourth-order valence-electron chi connectivity index (χ4n) is 3.80. The zero-order valence-electron chi connectivity index (χ0n) is 14.5. The van der Waals surface area contributed by atoms with Gasteiger partial charge in [0.15, 0.2) is 8.07 Å². The first kappa shape index (κ1) is 17.2. The molecule has 0 spiro atoms. The number of aliphatic hydroxyl groups is 1. The predicted molar refractivity (Wildman–Crippen MR) is 107 cm³/mol. The van der Waals surface area contributed by atoms with Crippen LogP contribution < -0.4 is 14.9 Å². The van der Waals surface area contributed by atoms with Crippen molar-refractivity contribution in [3.05, 3.63) is 77.7 Å². The summed E-state index contributed by atoms with van der Waals surface area (Å²) in [5.41, 5.74) is 1.08. The Bertz CT molecular complexity index is 748. The van der Waals surface area contributed by atoms with Crippen LogP contribution in [0, 0.1) is 0 Å². The first-order chi connectivity index (χ1) is 11.5. The second-order valence-electron chi connectivity index (χ2n) is 7.17. The normalized spacial score (nSPS) is 12.3. The molecule has 3 heteroatoms. The van der Waals surface area contributed by atoms with Gasteiger partial charge < -0.3 is 5.11 Å². The molecule has 0 saturated heterocycles. The molecule has 0 amide bonds. The van der Waals surface area contributed by atoms with Crippen LogP contribution in [0.3, 0.4) is 0 Å². The van der Waals surface area contributed by atoms with E-state index in [1.165, 1.54) is 14.9 Å². The second-order valence-corrected chi connectivity index (χ2v) is 13.1. The van der Waals surface area contributed by atoms with Crippen LogP contribution in [0.1, 0.15) is 26.3 Å². The third-order valence-corrected chi connectivity index (χ3v) is 12.5. The molecular formula is C21H24OSSi. The van der Waals surface area contributed by atoms with Crippen molar-refractivity contribution >= 4 is 34.3 Å². The molecular weight excluding hydrogens is 328 g/mol. The van der Waals surface area contributed by atoms with Crippen LogP contribution in [-0.4, -0.2) is 13.2 Å². The summed E-state index contributed by atoms with van der Waals surface area (Å²) in [5.74, 6) is 0. The fraction of sp³-hybridized carbons (Fsp3) is 0.238. The average Bonchev–Trinajstić information content (AvgIpc) is 3.05. The highest BCUT2D eigenvalue weighted by Gasteiger charge is 2.50. The van der Waals surface area contributed by atoms with Crippen LogP contribution in [0.4, 0.5) is 0 Å². The summed E-state index contributed by atoms with van der Waals surface area (Å²) in [6, 6.07) is 23.9. The minimum atomic E-state index is -2.28. The van der Waals surface area contributed by atoms with Gasteiger partial charge in [-0.3, -0.25) is 0 Å². The first-order valence-corrected chi connectivity index (χ1v) is 11.2. The summed E-state index contributed by atoms with van der Waals surface area (Å²) in [6.07, 6.45) is 0. The van der Waals surface area contributed by atoms with E-state index in [0.717, 1.165) is 5.56 Å². The standard InChI is InChI=1S/C21H24OSSi/c1-21(2,3)24(18-10-6-4-7-11-18,19-12-8-5-9-13-19)20-17(16-22)14-15-23-20/h4-15,22H,16H2,1-3H3. The lowest BCUT2D eigenvalue weighted by atomic mass is 10.2. The van der Waals surface area contributed by atoms with Crippen molar-refractivity contribution in [1.82, 2.24) is 0 Å². The van der Waals surface area contributed by atoms with E-state index >= 15 is 0 Å². The van der Waals surface area contributed by atoms with Crippen molar-refractivity contribution in [2.24, 2.45) is 0 Å². The Morgan fingerprint density at radius 3 is 1.75 bits per heavy atom. The summed E-state index contributed by atoms with van der Waals surface area (Å²) in [6.45, 7) is 7.14. The maximum absolute atomic E-state index is 9.96. The Labute approximate surface area is 149 Å². The van der Waals surface area contributed by atoms with Crippen LogP contribution in [0.5, 0.6) is 0 Å². The van der Waals surface area contributed by atoms with E-state index in [4.69, 9.17) is 0 Å². The summed E-state index contributed by atoms with van der Waals surface area (Å²) in [4.78, 5) is 0. The molecule has 2 aromatic carbocycles. The Kier molecular flexibility index (Phi) is 4.77. The molecule has 24 heavy (non-hydrogen) atoms. The van der Waals surface area contributed by atoms with Gasteiger partial charge in [0.25, 0.3) is 0 Å². The topological polar surface area (TPSA) is 20.2 Å². The summed E-state index contributed by atoms with van der Waals surface area (Å²) >= 11 is 1.80. The van der Waals surface area contributed by atoms with E-state index < -0.39 is 8.07 Å². The number of hydrogen-bond acceptors (Lipinski definition) is 2. The van der Waals surface area contributed by atoms with Crippen molar-refractivity contribution in [3.8, 4) is 0 Å². The van der Waals surface area contributed by atoms with Gasteiger partial charge in [-0.1, -0.05) is 81.4 Å². The van der Waals surface area contributed by atoms with Crippen molar-refractivity contribution in [2.45, 2.75) is 32.4 Å². The maximum atomic E-state index is 9.96. The number of rotatable bonds is 4. The van der Waals surface area contributed by atoms with Gasteiger partial charge in [-0.05, 0) is 32.4 Å². The monoisotopic (exact) mass is 352 g/mol. The number of benzene rings is 2. The van der Waals surface area contributed by atoms with Gasteiger partial charge in [0, 0.05) is 4.50 Å². The third-order valence-electron chi connectivity index (χ3n) is 4.80. The molecule has 0 aliphatic carbocycles. The van der Waals surface area contributed by atoms with E-state index in [9.17, 15) is 5.11 Å². The van der Waals surface area contributed by atoms with Crippen molar-refractivity contribution in [2.75, 3.05) is 0 Å². The van der Waals surface area contributed by atoms with E-state index in [0.29, 0.717) is 0 Å². The number of aliphatic hydroxyl groups excluding tert-OH is 1. The lowest BCUT2D eigenvalue weighted by molar-refractivity contribution is 0.283. The molecule has 1 aromatic heterocycles. The Balaban J connectivity index is 2.43. The molecule has 0 unspecified atom stereocenters. The van der Waals surface area contributed by atoms with Gasteiger partial charge >= 0.3 is 0 Å². The highest BCUT2D eigenvalue weighted by Crippen LogP contribution is 2.37. The van der Waals surface area contributed by atoms with Crippen molar-refractivity contribution < 1.29 is 5.11 Å². The van der Waals surface area contributed by atoms with E-state index in [1.54, 1.807) is 11.3 Å². The average molecular weight is 353 g/mol. The predicted octanol–water partition coefficient (Wildman–Crippen LogP) is 3.51. The lowest BCUT2D eigenvalue weighted by Gasteiger charge is -2.44. The summed E-state index contributed by atoms with van der Waals surface area (Å²) < 4.78 is 1.37. The Hall–Kier alpha value is -1.68. The van der Waals surface area contributed by atoms with E-state index in [2.05, 4.69) is 92.9 Å². The quantitative estimate of drug-likeness (QED) is 0.713. The fourth-order valence-corrected chi connectivity index (χ4v) is 12.3. The zero-order chi connectivity index (χ0) is 17.2. The SMILES string of the molecule is CC(C)(C)[Si](c1ccccc1)(c1ccccc1)c1sccc1CO. The van der Waals surface area contributed by atoms with Crippen molar-refractivity contribution in [1.29, 1.82) is 0 Å². The molecule has 0 bridgehead atoms. The second kappa shape index (κ2) is 6.67. The van der Waals surface area contributed by atoms with Crippen LogP contribution in [0.15, 0.2) is 72.1 Å². The molecule has 0 radical (unpaired) electrons. The largest absolute Gasteiger partial charge is 0.392 e. The summed E-state index contributed by atoms with van der Waals surface area (Å²) in [5, 5.41) is 15.0. The van der Waals surface area contributed by atoms with Crippen LogP contribution in [-0.2, 0) is 6.61 Å². The zero-order valence-corrected chi connectivity index (χ0v) is 16.3. The van der Waals surface area contributed by atoms with Gasteiger partial charge in [-0.2, -0.15) is 11.3 Å². The van der Waals surface area contributed by atoms with Crippen LogP contribution >= 0.6 is 11.3 Å². The number of thiophene rings is 1. The highest BCUT2D eigenvalue weighted by atomic mass is 32.1. The van der Waals surface area contributed by atoms with Crippen LogP contribution in [0.2, 0.25) is 5.04 Å². The van der Waals surface area contributed by atoms with E-state index in [1.807, 2.05) is 0 Å². The molecule has 1 N–H and O–H groups in total. The molecule has 0 aliphatic rings. The highest BCUT2D eigenvalue weighted by molar-refractivity contribution is 7.32. The van der Waals surface area contributed by atoms with Gasteiger partial charge in [0.2, 0.25) is 0 Å². The van der Waals surface area contributed by atoms with E-state index in [-0.39, 0.29) is 11.6 Å². The van der Waals surface area contributed by atoms with Gasteiger partial charge in [0.05, 0.1) is 6.61 Å². The molecule has 0 saturated carbocycles. The first-order valence-electron chi connectivity index (χ1n) is 8.30. The molecule has 0 aliphatic heterocycles. The Morgan fingerprint density at radius 1 is 0.833 bits per heavy atom. The molecule has 0 atom stereocenters. The molecule has 1 heterocycles. The smallest absolute Gasteiger partial charge is 0.166 e. The molecule has 124 valence electrons. The third kappa shape index (κ3) is 2.67. The van der Waals surface area contributed by atoms with Crippen molar-refractivity contribution in [3.63, 3.8) is 0 Å². The number of hydrogen-bond donors (Lipinski definition) is 1. The molecule has 3 aromatic rings. The molecule has 0 fully saturated rings. The van der Waals surface area contributed by atoms with Gasteiger partial charge in [0.1, 0.15) is 0 Å². The van der Waals surface area contributed by atoms with Gasteiger partial charge in [-0.25, -0.2) is 0 Å². The molecule has 1 nitrogen and oxygen atoms in total. The lowest BCUT2D eigenvalue weighted by Crippen LogP contribution is -2.72. The summed E-state index contributed by atoms with van der Waals surface area (Å²) in [7, 11) is -2.28. The maximum Gasteiger partial charge on any atom is 0.166 e. The minimum absolute atomic E-state index is 0.0739. The molecule has 3 rings (SSSR count). The van der Waals surface area contributed by atoms with Crippen LogP contribution in [0.25, 0.3) is 0 Å². The van der Waals surface area contributed by atoms with Gasteiger partial charge in [-0.15, -0.1) is 0 Å². The minimum Gasteiger partial charge on any atom is -0.392 e.